The molecule has 0 fully saturated rings. The Morgan fingerprint density at radius 3 is 2.50 bits per heavy atom. The van der Waals surface area contributed by atoms with Gasteiger partial charge in [0.1, 0.15) is 6.61 Å². The third-order valence-corrected chi connectivity index (χ3v) is 1.30. The molecule has 0 aromatic carbocycles. The quantitative estimate of drug-likeness (QED) is 0.591. The summed E-state index contributed by atoms with van der Waals surface area (Å²) in [6.07, 6.45) is -0.460. The van der Waals surface area contributed by atoms with Gasteiger partial charge in [-0.2, -0.15) is 0 Å². The second-order valence-corrected chi connectivity index (χ2v) is 2.67. The van der Waals surface area contributed by atoms with Crippen molar-refractivity contribution in [2.24, 2.45) is 0 Å². The van der Waals surface area contributed by atoms with Gasteiger partial charge in [-0.15, -0.1) is 0 Å². The zero-order chi connectivity index (χ0) is 8.15. The van der Waals surface area contributed by atoms with E-state index in [1.54, 1.807) is 25.9 Å². The average molecular weight is 163 g/mol. The van der Waals surface area contributed by atoms with Gasteiger partial charge in [0, 0.05) is 14.1 Å². The smallest absolute Gasteiger partial charge is 0.258 e. The van der Waals surface area contributed by atoms with E-state index >= 15 is 0 Å². The summed E-state index contributed by atoms with van der Waals surface area (Å²) in [4.78, 5) is 1.68. The van der Waals surface area contributed by atoms with Gasteiger partial charge in [-0.1, -0.05) is 0 Å². The monoisotopic (exact) mass is 163 g/mol. The zero-order valence-corrected chi connectivity index (χ0v) is 7.31. The molecule has 0 aliphatic rings. The molecule has 0 saturated heterocycles. The number of nitrogens with zero attached hydrogens (tertiary/aromatic N) is 1. The molecule has 0 aromatic rings. The summed E-state index contributed by atoms with van der Waals surface area (Å²) in [7, 11) is 3.59. The van der Waals surface area contributed by atoms with Crippen LogP contribution in [0, 0.1) is 0 Å². The summed E-state index contributed by atoms with van der Waals surface area (Å²) in [5.74, 6) is 0. The largest absolute Gasteiger partial charge is 0.468 e. The first kappa shape index (κ1) is 9.65. The first-order valence-electron chi connectivity index (χ1n) is 3.06. The molecule has 0 radical (unpaired) electrons. The van der Waals surface area contributed by atoms with Crippen LogP contribution in [0.1, 0.15) is 6.92 Å². The fourth-order valence-electron chi connectivity index (χ4n) is 0.321. The van der Waals surface area contributed by atoms with E-state index in [2.05, 4.69) is 0 Å². The van der Waals surface area contributed by atoms with Crippen LogP contribution >= 0.6 is 12.2 Å². The van der Waals surface area contributed by atoms with Crippen LogP contribution in [0.3, 0.4) is 0 Å². The molecule has 0 aliphatic carbocycles. The van der Waals surface area contributed by atoms with Gasteiger partial charge in [0.2, 0.25) is 0 Å². The highest BCUT2D eigenvalue weighted by atomic mass is 32.1. The van der Waals surface area contributed by atoms with Gasteiger partial charge in [0.05, 0.1) is 6.10 Å². The summed E-state index contributed by atoms with van der Waals surface area (Å²) in [6, 6.07) is 0. The number of rotatable bonds is 2. The first-order valence-corrected chi connectivity index (χ1v) is 3.47. The van der Waals surface area contributed by atoms with Crippen LogP contribution in [0.4, 0.5) is 0 Å². The Bertz CT molecular complexity index is 114. The number of ether oxygens (including phenoxy) is 1. The minimum atomic E-state index is -0.460. The van der Waals surface area contributed by atoms with E-state index in [9.17, 15) is 0 Å². The van der Waals surface area contributed by atoms with Crippen LogP contribution < -0.4 is 0 Å². The van der Waals surface area contributed by atoms with Crippen molar-refractivity contribution in [3.05, 3.63) is 0 Å². The molecule has 1 atom stereocenters. The third-order valence-electron chi connectivity index (χ3n) is 0.813. The minimum absolute atomic E-state index is 0.261. The Hall–Kier alpha value is -0.350. The van der Waals surface area contributed by atoms with E-state index in [1.807, 2.05) is 0 Å². The lowest BCUT2D eigenvalue weighted by molar-refractivity contribution is 0.110. The van der Waals surface area contributed by atoms with Gasteiger partial charge in [0.15, 0.2) is 0 Å². The molecule has 60 valence electrons. The number of aliphatic hydroxyl groups is 1. The highest BCUT2D eigenvalue weighted by molar-refractivity contribution is 7.80. The van der Waals surface area contributed by atoms with Crippen molar-refractivity contribution < 1.29 is 9.84 Å². The molecule has 3 nitrogen and oxygen atoms in total. The summed E-state index contributed by atoms with van der Waals surface area (Å²) < 4.78 is 4.97. The third kappa shape index (κ3) is 4.52. The van der Waals surface area contributed by atoms with Crippen molar-refractivity contribution in [3.8, 4) is 0 Å². The van der Waals surface area contributed by atoms with Gasteiger partial charge in [0.25, 0.3) is 5.17 Å². The molecule has 0 amide bonds. The Morgan fingerprint density at radius 1 is 1.70 bits per heavy atom. The normalized spacial score (nSPS) is 12.4. The van der Waals surface area contributed by atoms with Crippen molar-refractivity contribution in [2.45, 2.75) is 13.0 Å². The van der Waals surface area contributed by atoms with E-state index in [4.69, 9.17) is 22.1 Å². The van der Waals surface area contributed by atoms with Crippen LogP contribution in [0.25, 0.3) is 0 Å². The predicted octanol–water partition coefficient (Wildman–Crippen LogP) is 0.230. The van der Waals surface area contributed by atoms with Crippen molar-refractivity contribution in [3.63, 3.8) is 0 Å². The second kappa shape index (κ2) is 4.46. The molecule has 1 unspecified atom stereocenters. The van der Waals surface area contributed by atoms with E-state index in [0.29, 0.717) is 5.17 Å². The van der Waals surface area contributed by atoms with Crippen LogP contribution in [0.5, 0.6) is 0 Å². The predicted molar refractivity (Wildman–Crippen MR) is 43.9 cm³/mol. The Labute approximate surface area is 66.6 Å². The van der Waals surface area contributed by atoms with Gasteiger partial charge in [-0.25, -0.2) is 0 Å². The van der Waals surface area contributed by atoms with Gasteiger partial charge >= 0.3 is 0 Å². The zero-order valence-electron chi connectivity index (χ0n) is 6.50. The molecular weight excluding hydrogens is 150 g/mol. The lowest BCUT2D eigenvalue weighted by atomic mass is 10.4. The molecule has 0 heterocycles. The van der Waals surface area contributed by atoms with Crippen LogP contribution in [-0.2, 0) is 4.74 Å². The lowest BCUT2D eigenvalue weighted by Gasteiger charge is -2.14. The fourth-order valence-corrected chi connectivity index (χ4v) is 0.389. The van der Waals surface area contributed by atoms with Crippen LogP contribution in [0.15, 0.2) is 0 Å². The standard InChI is InChI=1S/C6H13NO2S/c1-5(8)4-9-6(10)7(2)3/h5,8H,4H2,1-3H3. The van der Waals surface area contributed by atoms with Crippen LogP contribution in [-0.4, -0.2) is 42.0 Å². The molecule has 1 N–H and O–H groups in total. The van der Waals surface area contributed by atoms with Crippen LogP contribution in [0.2, 0.25) is 0 Å². The van der Waals surface area contributed by atoms with E-state index < -0.39 is 6.10 Å². The van der Waals surface area contributed by atoms with Crippen molar-refractivity contribution in [1.29, 1.82) is 0 Å². The molecule has 0 saturated carbocycles. The Kier molecular flexibility index (Phi) is 4.31. The number of thiocarbonyl (C=S) groups is 1. The van der Waals surface area contributed by atoms with Crippen molar-refractivity contribution in [2.75, 3.05) is 20.7 Å². The fraction of sp³-hybridized carbons (Fsp3) is 0.833. The summed E-state index contributed by atoms with van der Waals surface area (Å²) in [6.45, 7) is 1.91. The summed E-state index contributed by atoms with van der Waals surface area (Å²) in [5, 5.41) is 9.18. The minimum Gasteiger partial charge on any atom is -0.468 e. The number of hydrogen-bond donors (Lipinski definition) is 1. The maximum absolute atomic E-state index is 8.78. The second-order valence-electron chi connectivity index (χ2n) is 2.32. The molecule has 10 heavy (non-hydrogen) atoms. The summed E-state index contributed by atoms with van der Waals surface area (Å²) >= 11 is 4.79. The molecule has 4 heteroatoms. The van der Waals surface area contributed by atoms with Gasteiger partial charge in [-0.3, -0.25) is 0 Å². The Morgan fingerprint density at radius 2 is 2.20 bits per heavy atom. The maximum Gasteiger partial charge on any atom is 0.258 e. The highest BCUT2D eigenvalue weighted by Crippen LogP contribution is 1.88. The average Bonchev–Trinajstić information content (AvgIpc) is 1.82. The SMILES string of the molecule is CC(O)COC(=S)N(C)C. The van der Waals surface area contributed by atoms with E-state index in [-0.39, 0.29) is 6.61 Å². The van der Waals surface area contributed by atoms with E-state index in [0.717, 1.165) is 0 Å². The van der Waals surface area contributed by atoms with Crippen molar-refractivity contribution in [1.82, 2.24) is 4.90 Å². The van der Waals surface area contributed by atoms with Gasteiger partial charge < -0.3 is 14.7 Å². The molecular formula is C6H13NO2S. The highest BCUT2D eigenvalue weighted by Gasteiger charge is 2.01. The van der Waals surface area contributed by atoms with Crippen molar-refractivity contribution >= 4 is 17.4 Å². The number of aliphatic hydroxyl groups excluding tert-OH is 1. The summed E-state index contributed by atoms with van der Waals surface area (Å²) in [5.41, 5.74) is 0. The maximum atomic E-state index is 8.78. The molecule has 0 spiro atoms. The molecule has 0 bridgehead atoms. The Balaban J connectivity index is 3.40. The lowest BCUT2D eigenvalue weighted by Crippen LogP contribution is -2.25. The van der Waals surface area contributed by atoms with Gasteiger partial charge in [-0.05, 0) is 19.1 Å². The molecule has 0 aromatic heterocycles. The molecule has 0 aliphatic heterocycles. The van der Waals surface area contributed by atoms with E-state index in [1.165, 1.54) is 0 Å². The first-order chi connectivity index (χ1) is 4.54. The number of hydrogen-bond acceptors (Lipinski definition) is 3. The molecule has 0 rings (SSSR count). The topological polar surface area (TPSA) is 32.7 Å².